The molecule has 0 radical (unpaired) electrons. The molecular formula is C29H34FNO8. The van der Waals surface area contributed by atoms with Crippen LogP contribution in [0.1, 0.15) is 56.6 Å². The number of halogens is 1. The van der Waals surface area contributed by atoms with Crippen LogP contribution >= 0.6 is 0 Å². The van der Waals surface area contributed by atoms with Gasteiger partial charge in [0.05, 0.1) is 18.4 Å². The predicted octanol–water partition coefficient (Wildman–Crippen LogP) is 3.50. The van der Waals surface area contributed by atoms with Gasteiger partial charge in [0.25, 0.3) is 0 Å². The fourth-order valence-corrected chi connectivity index (χ4v) is 5.51. The van der Waals surface area contributed by atoms with E-state index in [-0.39, 0.29) is 5.82 Å². The van der Waals surface area contributed by atoms with E-state index in [9.17, 15) is 23.9 Å². The van der Waals surface area contributed by atoms with Crippen LogP contribution in [0.4, 0.5) is 4.39 Å². The number of nitrogens with zero attached hydrogens (tertiary/aromatic N) is 1. The number of fused-ring (bicyclic) bond motifs is 2. The lowest BCUT2D eigenvalue weighted by molar-refractivity contribution is -0.170. The number of carboxylic acid groups (broad SMARTS) is 3. The number of aliphatic hydroxyl groups is 2. The van der Waals surface area contributed by atoms with Crippen molar-refractivity contribution >= 4 is 24.0 Å². The number of aliphatic carboxylic acids is 3. The number of carboxylic acids is 3. The maximum absolute atomic E-state index is 14.3. The minimum Gasteiger partial charge on any atom is -0.481 e. The van der Waals surface area contributed by atoms with E-state index in [1.807, 2.05) is 12.1 Å². The minimum absolute atomic E-state index is 0.289. The van der Waals surface area contributed by atoms with Crippen LogP contribution in [0.15, 0.2) is 60.2 Å². The third kappa shape index (κ3) is 7.72. The monoisotopic (exact) mass is 543 g/mol. The highest BCUT2D eigenvalue weighted by atomic mass is 19.1. The molecule has 2 aromatic carbocycles. The summed E-state index contributed by atoms with van der Waals surface area (Å²) < 4.78 is 14.3. The first kappa shape index (κ1) is 29.9. The van der Waals surface area contributed by atoms with Gasteiger partial charge in [-0.1, -0.05) is 60.2 Å². The molecule has 2 saturated heterocycles. The van der Waals surface area contributed by atoms with Crippen molar-refractivity contribution in [1.29, 1.82) is 0 Å². The number of carbonyl (C=O) groups is 3. The van der Waals surface area contributed by atoms with Crippen molar-refractivity contribution in [3.63, 3.8) is 0 Å². The van der Waals surface area contributed by atoms with E-state index in [1.165, 1.54) is 17.2 Å². The molecule has 2 aliphatic heterocycles. The fourth-order valence-electron chi connectivity index (χ4n) is 5.51. The average molecular weight is 544 g/mol. The lowest BCUT2D eigenvalue weighted by Crippen LogP contribution is -2.50. The Bertz CT molecular complexity index is 1180. The molecule has 2 bridgehead atoms. The Morgan fingerprint density at radius 3 is 1.95 bits per heavy atom. The normalized spacial score (nSPS) is 23.0. The van der Waals surface area contributed by atoms with Crippen LogP contribution in [0, 0.1) is 5.82 Å². The first-order chi connectivity index (χ1) is 18.3. The number of rotatable bonds is 9. The smallest absolute Gasteiger partial charge is 0.336 e. The first-order valence-corrected chi connectivity index (χ1v) is 12.7. The van der Waals surface area contributed by atoms with Gasteiger partial charge in [-0.25, -0.2) is 9.18 Å². The highest BCUT2D eigenvalue weighted by Gasteiger charge is 2.49. The third-order valence-electron chi connectivity index (χ3n) is 7.22. The lowest BCUT2D eigenvalue weighted by atomic mass is 9.80. The van der Waals surface area contributed by atoms with Gasteiger partial charge in [0, 0.05) is 24.2 Å². The van der Waals surface area contributed by atoms with Gasteiger partial charge in [-0.2, -0.15) is 0 Å². The molecule has 0 aliphatic carbocycles. The summed E-state index contributed by atoms with van der Waals surface area (Å²) in [4.78, 5) is 33.0. The maximum Gasteiger partial charge on any atom is 0.336 e. The van der Waals surface area contributed by atoms with Crippen molar-refractivity contribution in [2.24, 2.45) is 0 Å². The number of piperidine rings is 1. The van der Waals surface area contributed by atoms with Crippen LogP contribution in [0.2, 0.25) is 0 Å². The van der Waals surface area contributed by atoms with Crippen molar-refractivity contribution in [3.05, 3.63) is 77.1 Å². The Balaban J connectivity index is 0.000000276. The van der Waals surface area contributed by atoms with E-state index < -0.39 is 42.0 Å². The summed E-state index contributed by atoms with van der Waals surface area (Å²) in [6.45, 7) is 3.09. The van der Waals surface area contributed by atoms with Crippen LogP contribution in [0.25, 0.3) is 6.08 Å². The molecule has 9 nitrogen and oxygen atoms in total. The SMILES string of the molecule is C/C(=C\c1ccccc1)CN1C2CCC1CC(O)(c1ccccc1F)C2.O=C(O)CC(O)(CC(=O)O)C(=O)O. The van der Waals surface area contributed by atoms with Gasteiger partial charge in [0.2, 0.25) is 0 Å². The van der Waals surface area contributed by atoms with Crippen molar-refractivity contribution in [2.75, 3.05) is 6.54 Å². The fraction of sp³-hybridized carbons (Fsp3) is 0.414. The largest absolute Gasteiger partial charge is 0.481 e. The molecule has 0 aromatic heterocycles. The Hall–Kier alpha value is -3.60. The van der Waals surface area contributed by atoms with Gasteiger partial charge in [-0.15, -0.1) is 0 Å². The second-order valence-electron chi connectivity index (χ2n) is 10.4. The van der Waals surface area contributed by atoms with Gasteiger partial charge in [0.15, 0.2) is 5.60 Å². The summed E-state index contributed by atoms with van der Waals surface area (Å²) in [6, 6.07) is 17.7. The zero-order chi connectivity index (χ0) is 28.8. The number of hydrogen-bond acceptors (Lipinski definition) is 6. The Labute approximate surface area is 225 Å². The van der Waals surface area contributed by atoms with E-state index in [0.717, 1.165) is 19.4 Å². The summed E-state index contributed by atoms with van der Waals surface area (Å²) >= 11 is 0. The van der Waals surface area contributed by atoms with Gasteiger partial charge in [-0.05, 0) is 44.2 Å². The van der Waals surface area contributed by atoms with Gasteiger partial charge >= 0.3 is 17.9 Å². The summed E-state index contributed by atoms with van der Waals surface area (Å²) in [5.74, 6) is -5.31. The van der Waals surface area contributed by atoms with E-state index in [4.69, 9.17) is 20.4 Å². The van der Waals surface area contributed by atoms with Crippen LogP contribution < -0.4 is 0 Å². The zero-order valence-corrected chi connectivity index (χ0v) is 21.7. The Kier molecular flexibility index (Phi) is 9.60. The van der Waals surface area contributed by atoms with Crippen molar-refractivity contribution in [2.45, 2.75) is 68.7 Å². The van der Waals surface area contributed by atoms with Crippen molar-refractivity contribution in [3.8, 4) is 0 Å². The summed E-state index contributed by atoms with van der Waals surface area (Å²) in [7, 11) is 0. The molecule has 0 amide bonds. The number of benzene rings is 2. The zero-order valence-electron chi connectivity index (χ0n) is 21.7. The van der Waals surface area contributed by atoms with Gasteiger partial charge in [-0.3, -0.25) is 14.5 Å². The van der Waals surface area contributed by atoms with E-state index >= 15 is 0 Å². The van der Waals surface area contributed by atoms with Gasteiger partial charge < -0.3 is 25.5 Å². The van der Waals surface area contributed by atoms with E-state index in [0.29, 0.717) is 30.5 Å². The highest BCUT2D eigenvalue weighted by molar-refractivity contribution is 5.88. The van der Waals surface area contributed by atoms with Crippen LogP contribution in [-0.4, -0.2) is 72.6 Å². The Morgan fingerprint density at radius 2 is 1.46 bits per heavy atom. The first-order valence-electron chi connectivity index (χ1n) is 12.7. The molecular weight excluding hydrogens is 509 g/mol. The van der Waals surface area contributed by atoms with Crippen LogP contribution in [0.5, 0.6) is 0 Å². The van der Waals surface area contributed by atoms with Crippen molar-refractivity contribution < 1.29 is 44.3 Å². The third-order valence-corrected chi connectivity index (χ3v) is 7.22. The lowest BCUT2D eigenvalue weighted by Gasteiger charge is -2.44. The number of hydrogen-bond donors (Lipinski definition) is 5. The van der Waals surface area contributed by atoms with E-state index in [2.05, 4.69) is 42.2 Å². The molecule has 210 valence electrons. The maximum atomic E-state index is 14.3. The molecule has 39 heavy (non-hydrogen) atoms. The molecule has 0 spiro atoms. The molecule has 2 heterocycles. The molecule has 2 unspecified atom stereocenters. The molecule has 10 heteroatoms. The van der Waals surface area contributed by atoms with E-state index in [1.54, 1.807) is 12.1 Å². The van der Waals surface area contributed by atoms with Gasteiger partial charge in [0.1, 0.15) is 5.82 Å². The summed E-state index contributed by atoms with van der Waals surface area (Å²) in [6.07, 6.45) is 3.34. The van der Waals surface area contributed by atoms with Crippen LogP contribution in [-0.2, 0) is 20.0 Å². The quantitative estimate of drug-likeness (QED) is 0.319. The molecule has 5 N–H and O–H groups in total. The molecule has 2 aromatic rings. The van der Waals surface area contributed by atoms with Crippen LogP contribution in [0.3, 0.4) is 0 Å². The predicted molar refractivity (Wildman–Crippen MR) is 140 cm³/mol. The molecule has 2 aliphatic rings. The summed E-state index contributed by atoms with van der Waals surface area (Å²) in [5.41, 5.74) is -0.766. The minimum atomic E-state index is -2.74. The molecule has 0 saturated carbocycles. The molecule has 4 rings (SSSR count). The highest BCUT2D eigenvalue weighted by Crippen LogP contribution is 2.46. The second-order valence-corrected chi connectivity index (χ2v) is 10.4. The second kappa shape index (κ2) is 12.5. The van der Waals surface area contributed by atoms with Crippen molar-refractivity contribution in [1.82, 2.24) is 4.90 Å². The topological polar surface area (TPSA) is 156 Å². The molecule has 2 fully saturated rings. The molecule has 2 atom stereocenters. The Morgan fingerprint density at radius 1 is 0.949 bits per heavy atom. The average Bonchev–Trinajstić information content (AvgIpc) is 3.08. The summed E-state index contributed by atoms with van der Waals surface area (Å²) in [5, 5.41) is 45.0. The standard InChI is InChI=1S/C23H26FNO.C6H8O7/c1-17(13-18-7-3-2-4-8-18)16-25-19-11-12-20(25)15-23(26,14-19)21-9-5-6-10-22(21)24;7-3(8)1-6(13,5(11)12)2-4(9)10/h2-10,13,19-20,26H,11-12,14-16H2,1H3;13H,1-2H2,(H,7,8)(H,9,10)(H,11,12)/b17-13+;.